The van der Waals surface area contributed by atoms with E-state index in [1.54, 1.807) is 6.33 Å². The molecule has 0 spiro atoms. The predicted molar refractivity (Wildman–Crippen MR) is 114 cm³/mol. The zero-order chi connectivity index (χ0) is 20.9. The number of carbonyl (C=O) groups is 2. The summed E-state index contributed by atoms with van der Waals surface area (Å²) in [7, 11) is 0. The summed E-state index contributed by atoms with van der Waals surface area (Å²) in [6, 6.07) is 14.2. The van der Waals surface area contributed by atoms with Crippen LogP contribution in [0.4, 0.5) is 5.69 Å². The topological polar surface area (TPSA) is 80.1 Å². The zero-order valence-corrected chi connectivity index (χ0v) is 17.0. The maximum atomic E-state index is 12.5. The van der Waals surface area contributed by atoms with E-state index in [1.165, 1.54) is 22.1 Å². The molecule has 1 aliphatic heterocycles. The summed E-state index contributed by atoms with van der Waals surface area (Å²) in [5, 5.41) is 6.99. The Morgan fingerprint density at radius 2 is 1.93 bits per heavy atom. The molecule has 0 radical (unpaired) electrons. The quantitative estimate of drug-likeness (QED) is 0.686. The van der Waals surface area contributed by atoms with Crippen LogP contribution in [-0.2, 0) is 35.5 Å². The largest absolute Gasteiger partial charge is 0.336 e. The Hall–Kier alpha value is -3.48. The number of anilines is 1. The van der Waals surface area contributed by atoms with Crippen LogP contribution >= 0.6 is 0 Å². The first kappa shape index (κ1) is 19.8. The first-order chi connectivity index (χ1) is 14.6. The zero-order valence-electron chi connectivity index (χ0n) is 17.0. The second-order valence-electron chi connectivity index (χ2n) is 7.68. The third-order valence-corrected chi connectivity index (χ3v) is 5.38. The van der Waals surface area contributed by atoms with Crippen molar-refractivity contribution in [1.29, 1.82) is 0 Å². The standard InChI is InChI=1S/C23H25N5O2/c1-17-2-4-18(5-3-17)6-9-22(29)26-21-8-7-19-10-11-27(13-20(19)12-21)23(30)14-28-16-24-15-25-28/h2-5,7-8,12,15-16H,6,9-11,13-14H2,1H3,(H,26,29). The van der Waals surface area contributed by atoms with Gasteiger partial charge in [-0.25, -0.2) is 9.67 Å². The minimum Gasteiger partial charge on any atom is -0.336 e. The average Bonchev–Trinajstić information content (AvgIpc) is 3.26. The Bertz CT molecular complexity index is 1030. The van der Waals surface area contributed by atoms with Crippen molar-refractivity contribution in [3.05, 3.63) is 77.4 Å². The Morgan fingerprint density at radius 3 is 2.70 bits per heavy atom. The van der Waals surface area contributed by atoms with Crippen LogP contribution in [0.1, 0.15) is 28.7 Å². The number of fused-ring (bicyclic) bond motifs is 1. The number of benzene rings is 2. The van der Waals surface area contributed by atoms with E-state index < -0.39 is 0 Å². The number of hydrogen-bond donors (Lipinski definition) is 1. The molecule has 0 saturated heterocycles. The third-order valence-electron chi connectivity index (χ3n) is 5.38. The lowest BCUT2D eigenvalue weighted by molar-refractivity contribution is -0.133. The predicted octanol–water partition coefficient (Wildman–Crippen LogP) is 2.74. The first-order valence-electron chi connectivity index (χ1n) is 10.1. The normalized spacial score (nSPS) is 13.0. The lowest BCUT2D eigenvalue weighted by Gasteiger charge is -2.29. The van der Waals surface area contributed by atoms with Crippen LogP contribution in [0.25, 0.3) is 0 Å². The summed E-state index contributed by atoms with van der Waals surface area (Å²) in [5.74, 6) is 0.00383. The molecule has 1 aromatic heterocycles. The van der Waals surface area contributed by atoms with E-state index in [1.807, 2.05) is 23.1 Å². The molecule has 0 saturated carbocycles. The second kappa shape index (κ2) is 8.90. The Labute approximate surface area is 175 Å². The molecule has 2 aromatic carbocycles. The maximum Gasteiger partial charge on any atom is 0.244 e. The lowest BCUT2D eigenvalue weighted by atomic mass is 9.99. The van der Waals surface area contributed by atoms with E-state index in [4.69, 9.17) is 0 Å². The molecule has 0 aliphatic carbocycles. The smallest absolute Gasteiger partial charge is 0.244 e. The number of rotatable bonds is 6. The average molecular weight is 403 g/mol. The molecular formula is C23H25N5O2. The van der Waals surface area contributed by atoms with E-state index in [9.17, 15) is 9.59 Å². The third kappa shape index (κ3) is 4.92. The van der Waals surface area contributed by atoms with Crippen LogP contribution in [0.15, 0.2) is 55.1 Å². The molecule has 0 bridgehead atoms. The minimum atomic E-state index is -0.00884. The van der Waals surface area contributed by atoms with Crippen molar-refractivity contribution < 1.29 is 9.59 Å². The minimum absolute atomic E-state index is 0.00884. The number of aryl methyl sites for hydroxylation is 2. The summed E-state index contributed by atoms with van der Waals surface area (Å²) < 4.78 is 1.53. The van der Waals surface area contributed by atoms with Gasteiger partial charge >= 0.3 is 0 Å². The SMILES string of the molecule is Cc1ccc(CCC(=O)Nc2ccc3c(c2)CN(C(=O)Cn2cncn2)CC3)cc1. The van der Waals surface area contributed by atoms with Crippen molar-refractivity contribution in [3.8, 4) is 0 Å². The van der Waals surface area contributed by atoms with Gasteiger partial charge in [0.05, 0.1) is 0 Å². The number of nitrogens with zero attached hydrogens (tertiary/aromatic N) is 4. The fourth-order valence-corrected chi connectivity index (χ4v) is 3.64. The van der Waals surface area contributed by atoms with Gasteiger partial charge in [0, 0.05) is 25.2 Å². The Kier molecular flexibility index (Phi) is 5.88. The van der Waals surface area contributed by atoms with Crippen molar-refractivity contribution in [2.45, 2.75) is 39.3 Å². The summed E-state index contributed by atoms with van der Waals surface area (Å²) >= 11 is 0. The fourth-order valence-electron chi connectivity index (χ4n) is 3.64. The van der Waals surface area contributed by atoms with Gasteiger partial charge in [0.1, 0.15) is 19.2 Å². The molecule has 7 heteroatoms. The Morgan fingerprint density at radius 1 is 1.10 bits per heavy atom. The van der Waals surface area contributed by atoms with Crippen LogP contribution < -0.4 is 5.32 Å². The van der Waals surface area contributed by atoms with Gasteiger partial charge in [0.2, 0.25) is 11.8 Å². The Balaban J connectivity index is 1.34. The van der Waals surface area contributed by atoms with Gasteiger partial charge in [0.15, 0.2) is 0 Å². The van der Waals surface area contributed by atoms with Crippen molar-refractivity contribution in [1.82, 2.24) is 19.7 Å². The number of nitrogens with one attached hydrogen (secondary N) is 1. The highest BCUT2D eigenvalue weighted by atomic mass is 16.2. The summed E-state index contributed by atoms with van der Waals surface area (Å²) in [5.41, 5.74) is 5.43. The number of hydrogen-bond acceptors (Lipinski definition) is 4. The van der Waals surface area contributed by atoms with Crippen LogP contribution in [0.3, 0.4) is 0 Å². The molecular weight excluding hydrogens is 378 g/mol. The molecule has 0 fully saturated rings. The number of amides is 2. The highest BCUT2D eigenvalue weighted by Gasteiger charge is 2.21. The van der Waals surface area contributed by atoms with Gasteiger partial charge in [-0.3, -0.25) is 9.59 Å². The van der Waals surface area contributed by atoms with Crippen molar-refractivity contribution in [3.63, 3.8) is 0 Å². The van der Waals surface area contributed by atoms with Crippen LogP contribution in [0, 0.1) is 6.92 Å². The van der Waals surface area contributed by atoms with Gasteiger partial charge < -0.3 is 10.2 Å². The molecule has 0 unspecified atom stereocenters. The lowest BCUT2D eigenvalue weighted by Crippen LogP contribution is -2.38. The number of carbonyl (C=O) groups excluding carboxylic acids is 2. The highest BCUT2D eigenvalue weighted by Crippen LogP contribution is 2.23. The fraction of sp³-hybridized carbons (Fsp3) is 0.304. The van der Waals surface area contributed by atoms with Crippen molar-refractivity contribution >= 4 is 17.5 Å². The molecule has 154 valence electrons. The van der Waals surface area contributed by atoms with E-state index in [-0.39, 0.29) is 18.4 Å². The first-order valence-corrected chi connectivity index (χ1v) is 10.1. The maximum absolute atomic E-state index is 12.5. The molecule has 30 heavy (non-hydrogen) atoms. The monoisotopic (exact) mass is 403 g/mol. The van der Waals surface area contributed by atoms with Gasteiger partial charge in [-0.2, -0.15) is 5.10 Å². The van der Waals surface area contributed by atoms with Gasteiger partial charge in [-0.15, -0.1) is 0 Å². The van der Waals surface area contributed by atoms with Crippen LogP contribution in [0.2, 0.25) is 0 Å². The van der Waals surface area contributed by atoms with Gasteiger partial charge in [0.25, 0.3) is 0 Å². The molecule has 3 aromatic rings. The van der Waals surface area contributed by atoms with Gasteiger partial charge in [-0.05, 0) is 48.6 Å². The van der Waals surface area contributed by atoms with Gasteiger partial charge in [-0.1, -0.05) is 35.9 Å². The second-order valence-corrected chi connectivity index (χ2v) is 7.68. The molecule has 0 atom stereocenters. The molecule has 2 amide bonds. The highest BCUT2D eigenvalue weighted by molar-refractivity contribution is 5.91. The number of aromatic nitrogens is 3. The molecule has 1 aliphatic rings. The molecule has 1 N–H and O–H groups in total. The summed E-state index contributed by atoms with van der Waals surface area (Å²) in [6.45, 7) is 3.46. The molecule has 7 nitrogen and oxygen atoms in total. The van der Waals surface area contributed by atoms with Crippen molar-refractivity contribution in [2.75, 3.05) is 11.9 Å². The van der Waals surface area contributed by atoms with E-state index in [0.717, 1.165) is 23.2 Å². The molecule has 4 rings (SSSR count). The van der Waals surface area contributed by atoms with E-state index in [0.29, 0.717) is 25.9 Å². The van der Waals surface area contributed by atoms with Crippen LogP contribution in [-0.4, -0.2) is 38.0 Å². The summed E-state index contributed by atoms with van der Waals surface area (Å²) in [6.07, 6.45) is 4.91. The van der Waals surface area contributed by atoms with Crippen LogP contribution in [0.5, 0.6) is 0 Å². The molecule has 2 heterocycles. The van der Waals surface area contributed by atoms with Crippen molar-refractivity contribution in [2.24, 2.45) is 0 Å². The van der Waals surface area contributed by atoms with E-state index >= 15 is 0 Å². The summed E-state index contributed by atoms with van der Waals surface area (Å²) in [4.78, 5) is 30.6. The van der Waals surface area contributed by atoms with E-state index in [2.05, 4.69) is 46.6 Å².